The van der Waals surface area contributed by atoms with E-state index in [2.05, 4.69) is 43.6 Å². The van der Waals surface area contributed by atoms with Crippen LogP contribution in [0.1, 0.15) is 56.2 Å². The van der Waals surface area contributed by atoms with Crippen molar-refractivity contribution in [1.29, 1.82) is 0 Å². The molecule has 0 radical (unpaired) electrons. The topological polar surface area (TPSA) is 12.0 Å². The van der Waals surface area contributed by atoms with Gasteiger partial charge >= 0.3 is 0 Å². The molecule has 2 aliphatic carbocycles. The van der Waals surface area contributed by atoms with Crippen molar-refractivity contribution in [2.24, 2.45) is 17.8 Å². The van der Waals surface area contributed by atoms with E-state index in [0.29, 0.717) is 6.04 Å². The largest absolute Gasteiger partial charge is 0.313 e. The maximum Gasteiger partial charge on any atom is 0.0351 e. The maximum atomic E-state index is 3.59. The lowest BCUT2D eigenvalue weighted by molar-refractivity contribution is 0.480. The molecular weight excluding hydrogens is 230 g/mol. The lowest BCUT2D eigenvalue weighted by atomic mass is 9.98. The Morgan fingerprint density at radius 3 is 2.26 bits per heavy atom. The highest BCUT2D eigenvalue weighted by molar-refractivity contribution is 5.27. The molecule has 3 unspecified atom stereocenters. The zero-order valence-electron chi connectivity index (χ0n) is 12.4. The van der Waals surface area contributed by atoms with E-state index in [0.717, 1.165) is 17.8 Å². The van der Waals surface area contributed by atoms with Crippen molar-refractivity contribution in [2.75, 3.05) is 7.05 Å². The normalized spacial score (nSPS) is 30.7. The predicted molar refractivity (Wildman–Crippen MR) is 81.2 cm³/mol. The van der Waals surface area contributed by atoms with Gasteiger partial charge in [-0.05, 0) is 55.2 Å². The molecule has 1 aromatic rings. The summed E-state index contributed by atoms with van der Waals surface area (Å²) in [5.74, 6) is 2.94. The fraction of sp³-hybridized carbons (Fsp3) is 0.667. The average Bonchev–Trinajstić information content (AvgIpc) is 3.17. The van der Waals surface area contributed by atoms with Crippen molar-refractivity contribution in [3.05, 3.63) is 35.4 Å². The molecule has 1 aromatic carbocycles. The SMILES string of the molecule is CCCc1ccc(C(NC)C2C3CCCCC32)cc1. The van der Waals surface area contributed by atoms with Crippen molar-refractivity contribution in [3.8, 4) is 0 Å². The maximum absolute atomic E-state index is 3.59. The molecule has 1 nitrogen and oxygen atoms in total. The Kier molecular flexibility index (Phi) is 3.93. The van der Waals surface area contributed by atoms with Crippen LogP contribution in [0.25, 0.3) is 0 Å². The molecule has 0 amide bonds. The van der Waals surface area contributed by atoms with Crippen LogP contribution in [-0.2, 0) is 6.42 Å². The third-order valence-corrected chi connectivity index (χ3v) is 5.30. The standard InChI is InChI=1S/C18H27N/c1-3-6-13-9-11-14(12-10-13)18(19-2)17-15-7-4-5-8-16(15)17/h9-12,15-19H,3-8H2,1-2H3. The summed E-state index contributed by atoms with van der Waals surface area (Å²) in [5.41, 5.74) is 2.98. The number of hydrogen-bond donors (Lipinski definition) is 1. The molecule has 2 saturated carbocycles. The smallest absolute Gasteiger partial charge is 0.0351 e. The van der Waals surface area contributed by atoms with E-state index in [-0.39, 0.29) is 0 Å². The van der Waals surface area contributed by atoms with Crippen molar-refractivity contribution >= 4 is 0 Å². The monoisotopic (exact) mass is 257 g/mol. The molecule has 104 valence electrons. The van der Waals surface area contributed by atoms with Crippen LogP contribution < -0.4 is 5.32 Å². The zero-order chi connectivity index (χ0) is 13.2. The Bertz CT molecular complexity index is 396. The van der Waals surface area contributed by atoms with Gasteiger partial charge in [0.2, 0.25) is 0 Å². The van der Waals surface area contributed by atoms with Gasteiger partial charge in [-0.2, -0.15) is 0 Å². The molecule has 0 heterocycles. The zero-order valence-corrected chi connectivity index (χ0v) is 12.4. The Labute approximate surface area is 117 Å². The van der Waals surface area contributed by atoms with E-state index in [9.17, 15) is 0 Å². The third kappa shape index (κ3) is 2.58. The fourth-order valence-electron chi connectivity index (χ4n) is 4.30. The average molecular weight is 257 g/mol. The molecule has 0 saturated heterocycles. The van der Waals surface area contributed by atoms with Gasteiger partial charge in [0.25, 0.3) is 0 Å². The van der Waals surface area contributed by atoms with Crippen LogP contribution in [0, 0.1) is 17.8 Å². The highest BCUT2D eigenvalue weighted by atomic mass is 14.9. The van der Waals surface area contributed by atoms with Crippen LogP contribution in [0.5, 0.6) is 0 Å². The Morgan fingerprint density at radius 2 is 1.74 bits per heavy atom. The molecule has 0 aliphatic heterocycles. The van der Waals surface area contributed by atoms with Crippen molar-refractivity contribution < 1.29 is 0 Å². The second kappa shape index (κ2) is 5.66. The Morgan fingerprint density at radius 1 is 1.11 bits per heavy atom. The van der Waals surface area contributed by atoms with Crippen molar-refractivity contribution in [2.45, 2.75) is 51.5 Å². The van der Waals surface area contributed by atoms with E-state index in [1.54, 1.807) is 0 Å². The summed E-state index contributed by atoms with van der Waals surface area (Å²) in [6.45, 7) is 2.25. The second-order valence-electron chi connectivity index (χ2n) is 6.45. The molecule has 3 atom stereocenters. The summed E-state index contributed by atoms with van der Waals surface area (Å²) in [7, 11) is 2.13. The van der Waals surface area contributed by atoms with Gasteiger partial charge < -0.3 is 5.32 Å². The summed E-state index contributed by atoms with van der Waals surface area (Å²) in [6, 6.07) is 9.96. The quantitative estimate of drug-likeness (QED) is 0.827. The summed E-state index contributed by atoms with van der Waals surface area (Å²) in [5, 5.41) is 3.59. The molecule has 0 bridgehead atoms. The van der Waals surface area contributed by atoms with Crippen LogP contribution in [0.2, 0.25) is 0 Å². The van der Waals surface area contributed by atoms with Gasteiger partial charge in [-0.15, -0.1) is 0 Å². The molecule has 0 spiro atoms. The van der Waals surface area contributed by atoms with Crippen LogP contribution in [-0.4, -0.2) is 7.05 Å². The van der Waals surface area contributed by atoms with E-state index in [4.69, 9.17) is 0 Å². The minimum atomic E-state index is 0.587. The van der Waals surface area contributed by atoms with Crippen LogP contribution >= 0.6 is 0 Å². The highest BCUT2D eigenvalue weighted by Gasteiger charge is 2.53. The molecule has 2 fully saturated rings. The third-order valence-electron chi connectivity index (χ3n) is 5.30. The van der Waals surface area contributed by atoms with E-state index in [1.165, 1.54) is 49.7 Å². The summed E-state index contributed by atoms with van der Waals surface area (Å²) < 4.78 is 0. The molecular formula is C18H27N. The summed E-state index contributed by atoms with van der Waals surface area (Å²) in [6.07, 6.45) is 8.32. The van der Waals surface area contributed by atoms with E-state index in [1.807, 2.05) is 0 Å². The molecule has 19 heavy (non-hydrogen) atoms. The second-order valence-corrected chi connectivity index (χ2v) is 6.45. The first-order valence-electron chi connectivity index (χ1n) is 8.11. The number of hydrogen-bond acceptors (Lipinski definition) is 1. The highest BCUT2D eigenvalue weighted by Crippen LogP contribution is 2.60. The first kappa shape index (κ1) is 13.2. The number of aryl methyl sites for hydroxylation is 1. The number of nitrogens with one attached hydrogen (secondary N) is 1. The van der Waals surface area contributed by atoms with Crippen molar-refractivity contribution in [3.63, 3.8) is 0 Å². The van der Waals surface area contributed by atoms with E-state index < -0.39 is 0 Å². The summed E-state index contributed by atoms with van der Waals surface area (Å²) in [4.78, 5) is 0. The van der Waals surface area contributed by atoms with Gasteiger partial charge in [-0.3, -0.25) is 0 Å². The van der Waals surface area contributed by atoms with Gasteiger partial charge in [0, 0.05) is 6.04 Å². The van der Waals surface area contributed by atoms with Crippen LogP contribution in [0.4, 0.5) is 0 Å². The minimum absolute atomic E-state index is 0.587. The fourth-order valence-corrected chi connectivity index (χ4v) is 4.30. The molecule has 1 heteroatoms. The lowest BCUT2D eigenvalue weighted by Crippen LogP contribution is -2.19. The van der Waals surface area contributed by atoms with Gasteiger partial charge in [0.15, 0.2) is 0 Å². The summed E-state index contributed by atoms with van der Waals surface area (Å²) >= 11 is 0. The predicted octanol–water partition coefficient (Wildman–Crippen LogP) is 4.34. The minimum Gasteiger partial charge on any atom is -0.313 e. The first-order valence-corrected chi connectivity index (χ1v) is 8.11. The Balaban J connectivity index is 1.71. The first-order chi connectivity index (χ1) is 9.35. The van der Waals surface area contributed by atoms with Crippen LogP contribution in [0.3, 0.4) is 0 Å². The van der Waals surface area contributed by atoms with E-state index >= 15 is 0 Å². The lowest BCUT2D eigenvalue weighted by Gasteiger charge is -2.17. The number of fused-ring (bicyclic) bond motifs is 1. The van der Waals surface area contributed by atoms with Gasteiger partial charge in [-0.25, -0.2) is 0 Å². The molecule has 0 aromatic heterocycles. The van der Waals surface area contributed by atoms with Gasteiger partial charge in [0.05, 0.1) is 0 Å². The van der Waals surface area contributed by atoms with Gasteiger partial charge in [0.1, 0.15) is 0 Å². The molecule has 1 N–H and O–H groups in total. The molecule has 2 aliphatic rings. The van der Waals surface area contributed by atoms with Crippen LogP contribution in [0.15, 0.2) is 24.3 Å². The van der Waals surface area contributed by atoms with Crippen molar-refractivity contribution in [1.82, 2.24) is 5.32 Å². The number of rotatable bonds is 5. The Hall–Kier alpha value is -0.820. The molecule has 3 rings (SSSR count). The number of benzene rings is 1. The van der Waals surface area contributed by atoms with Gasteiger partial charge in [-0.1, -0.05) is 50.5 Å².